The third kappa shape index (κ3) is 5.53. The number of hydrogen-bond acceptors (Lipinski definition) is 2. The summed E-state index contributed by atoms with van der Waals surface area (Å²) < 4.78 is 25.9. The fourth-order valence-electron chi connectivity index (χ4n) is 1.27. The van der Waals surface area contributed by atoms with Crippen LogP contribution in [0.5, 0.6) is 0 Å². The molecule has 2 rings (SSSR count). The Morgan fingerprint density at radius 1 is 1.00 bits per heavy atom. The molecular weight excluding hydrogens is 414 g/mol. The highest BCUT2D eigenvalue weighted by molar-refractivity contribution is 9.10. The largest absolute Gasteiger partial charge is 0.478 e. The summed E-state index contributed by atoms with van der Waals surface area (Å²) in [6, 6.07) is 8.18. The lowest BCUT2D eigenvalue weighted by Crippen LogP contribution is -1.96. The van der Waals surface area contributed by atoms with Crippen molar-refractivity contribution < 1.29 is 23.8 Å². The van der Waals surface area contributed by atoms with Crippen LogP contribution in [0, 0.1) is 11.6 Å². The maximum absolute atomic E-state index is 12.6. The van der Waals surface area contributed by atoms with Gasteiger partial charge in [0.2, 0.25) is 0 Å². The van der Waals surface area contributed by atoms with Crippen molar-refractivity contribution in [2.75, 3.05) is 0 Å². The zero-order valence-electron chi connectivity index (χ0n) is 10.5. The summed E-state index contributed by atoms with van der Waals surface area (Å²) in [6.45, 7) is -0.121. The van der Waals surface area contributed by atoms with E-state index in [1.54, 1.807) is 12.1 Å². The number of aliphatic hydroxyl groups excluding tert-OH is 1. The fraction of sp³-hybridized carbons (Fsp3) is 0.0714. The van der Waals surface area contributed by atoms with E-state index in [1.165, 1.54) is 18.2 Å². The summed E-state index contributed by atoms with van der Waals surface area (Å²) in [6.07, 6.45) is 0. The molecule has 2 N–H and O–H groups in total. The summed E-state index contributed by atoms with van der Waals surface area (Å²) >= 11 is 5.91. The van der Waals surface area contributed by atoms with Crippen LogP contribution in [0.4, 0.5) is 8.78 Å². The molecule has 2 aromatic carbocycles. The Balaban J connectivity index is 0.000000211. The average Bonchev–Trinajstić information content (AvgIpc) is 2.45. The maximum atomic E-state index is 12.6. The molecule has 7 heteroatoms. The van der Waals surface area contributed by atoms with Crippen LogP contribution < -0.4 is 0 Å². The van der Waals surface area contributed by atoms with Crippen LogP contribution in [0.2, 0.25) is 0 Å². The number of rotatable bonds is 2. The van der Waals surface area contributed by atoms with Crippen molar-refractivity contribution in [3.63, 3.8) is 0 Å². The van der Waals surface area contributed by atoms with E-state index in [9.17, 15) is 13.6 Å². The van der Waals surface area contributed by atoms with Crippen molar-refractivity contribution >= 4 is 37.8 Å². The van der Waals surface area contributed by atoms with Crippen LogP contribution in [0.3, 0.4) is 0 Å². The molecule has 0 spiro atoms. The van der Waals surface area contributed by atoms with E-state index in [4.69, 9.17) is 10.2 Å². The number of carbonyl (C=O) groups is 1. The van der Waals surface area contributed by atoms with Crippen LogP contribution in [0.25, 0.3) is 0 Å². The molecule has 0 atom stereocenters. The smallest absolute Gasteiger partial charge is 0.335 e. The van der Waals surface area contributed by atoms with Crippen molar-refractivity contribution in [3.8, 4) is 0 Å². The summed E-state index contributed by atoms with van der Waals surface area (Å²) in [4.78, 5) is 10.3. The number of carboxylic acids is 1. The van der Waals surface area contributed by atoms with Gasteiger partial charge in [-0.3, -0.25) is 0 Å². The lowest BCUT2D eigenvalue weighted by atomic mass is 10.2. The first-order valence-corrected chi connectivity index (χ1v) is 7.17. The van der Waals surface area contributed by atoms with Crippen molar-refractivity contribution in [3.05, 3.63) is 68.1 Å². The molecule has 0 bridgehead atoms. The van der Waals surface area contributed by atoms with Crippen molar-refractivity contribution in [2.24, 2.45) is 0 Å². The number of benzene rings is 2. The monoisotopic (exact) mass is 422 g/mol. The van der Waals surface area contributed by atoms with Gasteiger partial charge >= 0.3 is 5.97 Å². The highest BCUT2D eigenvalue weighted by Crippen LogP contribution is 2.16. The predicted molar refractivity (Wildman–Crippen MR) is 81.1 cm³/mol. The molecule has 112 valence electrons. The minimum absolute atomic E-state index is 0.0503. The van der Waals surface area contributed by atoms with Gasteiger partial charge in [-0.2, -0.15) is 0 Å². The Morgan fingerprint density at radius 3 is 1.95 bits per heavy atom. The predicted octanol–water partition coefficient (Wildman–Crippen LogP) is 4.37. The second-order valence-corrected chi connectivity index (χ2v) is 5.55. The molecule has 0 unspecified atom stereocenters. The van der Waals surface area contributed by atoms with Crippen LogP contribution >= 0.6 is 31.9 Å². The van der Waals surface area contributed by atoms with E-state index in [-0.39, 0.29) is 22.5 Å². The average molecular weight is 424 g/mol. The quantitative estimate of drug-likeness (QED) is 0.754. The van der Waals surface area contributed by atoms with E-state index in [0.717, 1.165) is 6.07 Å². The van der Waals surface area contributed by atoms with Gasteiger partial charge in [-0.1, -0.05) is 6.07 Å². The third-order valence-electron chi connectivity index (χ3n) is 2.33. The Hall–Kier alpha value is -1.31. The second kappa shape index (κ2) is 8.21. The molecule has 0 aromatic heterocycles. The first kappa shape index (κ1) is 17.7. The van der Waals surface area contributed by atoms with Gasteiger partial charge in [-0.15, -0.1) is 0 Å². The zero-order chi connectivity index (χ0) is 16.0. The summed E-state index contributed by atoms with van der Waals surface area (Å²) in [7, 11) is 0. The molecule has 0 amide bonds. The van der Waals surface area contributed by atoms with Crippen LogP contribution in [0.15, 0.2) is 45.3 Å². The van der Waals surface area contributed by atoms with Crippen molar-refractivity contribution in [1.29, 1.82) is 0 Å². The fourth-order valence-corrected chi connectivity index (χ4v) is 1.76. The molecule has 0 saturated carbocycles. The van der Waals surface area contributed by atoms with E-state index < -0.39 is 11.8 Å². The minimum Gasteiger partial charge on any atom is -0.478 e. The first-order chi connectivity index (χ1) is 9.85. The third-order valence-corrected chi connectivity index (χ3v) is 3.62. The van der Waals surface area contributed by atoms with Gasteiger partial charge in [0.25, 0.3) is 0 Å². The Kier molecular flexibility index (Phi) is 6.94. The van der Waals surface area contributed by atoms with Crippen LogP contribution in [0.1, 0.15) is 15.9 Å². The van der Waals surface area contributed by atoms with Crippen molar-refractivity contribution in [1.82, 2.24) is 0 Å². The molecule has 0 aliphatic carbocycles. The summed E-state index contributed by atoms with van der Waals surface area (Å²) in [5.74, 6) is -2.03. The van der Waals surface area contributed by atoms with Gasteiger partial charge in [0.1, 0.15) is 11.6 Å². The first-order valence-electron chi connectivity index (χ1n) is 5.58. The Labute approximate surface area is 136 Å². The number of aliphatic hydroxyl groups is 1. The topological polar surface area (TPSA) is 57.5 Å². The summed E-state index contributed by atoms with van der Waals surface area (Å²) in [5.41, 5.74) is 0.534. The van der Waals surface area contributed by atoms with E-state index >= 15 is 0 Å². The highest BCUT2D eigenvalue weighted by Gasteiger charge is 2.05. The highest BCUT2D eigenvalue weighted by atomic mass is 79.9. The van der Waals surface area contributed by atoms with Crippen molar-refractivity contribution in [2.45, 2.75) is 6.61 Å². The number of aromatic carboxylic acids is 1. The summed E-state index contributed by atoms with van der Waals surface area (Å²) in [5, 5.41) is 17.0. The van der Waals surface area contributed by atoms with Gasteiger partial charge in [-0.25, -0.2) is 13.6 Å². The zero-order valence-corrected chi connectivity index (χ0v) is 13.7. The van der Waals surface area contributed by atoms with E-state index in [0.29, 0.717) is 10.0 Å². The van der Waals surface area contributed by atoms with E-state index in [1.807, 2.05) is 0 Å². The molecule has 0 saturated heterocycles. The maximum Gasteiger partial charge on any atom is 0.335 e. The van der Waals surface area contributed by atoms with Gasteiger partial charge in [0, 0.05) is 0 Å². The number of hydrogen-bond donors (Lipinski definition) is 2. The number of carboxylic acid groups (broad SMARTS) is 1. The van der Waals surface area contributed by atoms with Crippen LogP contribution in [-0.2, 0) is 6.61 Å². The lowest BCUT2D eigenvalue weighted by molar-refractivity contribution is 0.0696. The van der Waals surface area contributed by atoms with Gasteiger partial charge in [0.15, 0.2) is 0 Å². The Bertz CT molecular complexity index is 648. The second-order valence-electron chi connectivity index (χ2n) is 3.84. The van der Waals surface area contributed by atoms with Crippen LogP contribution in [-0.4, -0.2) is 16.2 Å². The molecular formula is C14H10Br2F2O3. The molecule has 21 heavy (non-hydrogen) atoms. The lowest BCUT2D eigenvalue weighted by Gasteiger charge is -1.96. The van der Waals surface area contributed by atoms with E-state index in [2.05, 4.69) is 31.9 Å². The van der Waals surface area contributed by atoms with Gasteiger partial charge < -0.3 is 10.2 Å². The molecule has 0 aliphatic rings. The molecule has 0 fully saturated rings. The number of halogens is 4. The Morgan fingerprint density at radius 2 is 1.52 bits per heavy atom. The molecule has 0 heterocycles. The minimum atomic E-state index is -1.13. The molecule has 2 aromatic rings. The standard InChI is InChI=1S/C7H4BrFO2.C7H6BrFO/c8-5-2-1-4(7(10)11)3-6(5)9;8-6-2-1-5(4-10)3-7(6)9/h1-3H,(H,10,11);1-3,10H,4H2. The normalized spacial score (nSPS) is 9.76. The molecule has 0 aliphatic heterocycles. The van der Waals surface area contributed by atoms with Gasteiger partial charge in [-0.05, 0) is 67.8 Å². The molecule has 0 radical (unpaired) electrons. The SMILES string of the molecule is O=C(O)c1ccc(Br)c(F)c1.OCc1ccc(Br)c(F)c1. The molecule has 3 nitrogen and oxygen atoms in total. The van der Waals surface area contributed by atoms with Gasteiger partial charge in [0.05, 0.1) is 21.1 Å².